The van der Waals surface area contributed by atoms with Crippen LogP contribution in [-0.4, -0.2) is 32.3 Å². The number of anilines is 2. The molecule has 0 atom stereocenters. The fraction of sp³-hybridized carbons (Fsp3) is 0.429. The largest absolute Gasteiger partial charge is 0.367 e. The Morgan fingerprint density at radius 1 is 1.39 bits per heavy atom. The molecule has 1 aliphatic heterocycles. The van der Waals surface area contributed by atoms with Crippen LogP contribution in [0.1, 0.15) is 18.9 Å². The van der Waals surface area contributed by atoms with E-state index in [9.17, 15) is 9.59 Å². The lowest BCUT2D eigenvalue weighted by atomic mass is 10.0. The summed E-state index contributed by atoms with van der Waals surface area (Å²) < 4.78 is 0. The van der Waals surface area contributed by atoms with Crippen LogP contribution in [0, 0.1) is 0 Å². The van der Waals surface area contributed by atoms with Crippen LogP contribution in [0.15, 0.2) is 18.2 Å². The third-order valence-corrected chi connectivity index (χ3v) is 3.31. The van der Waals surface area contributed by atoms with Gasteiger partial charge in [0.25, 0.3) is 0 Å². The minimum Gasteiger partial charge on any atom is -0.367 e. The van der Waals surface area contributed by atoms with Crippen molar-refractivity contribution >= 4 is 23.1 Å². The van der Waals surface area contributed by atoms with Crippen molar-refractivity contribution in [3.05, 3.63) is 23.8 Å². The molecule has 96 valence electrons. The standard InChI is InChI=1S/C14H18N2O2/c1-10(17)9-15(2)12-5-6-13-11(8-12)4-7-14(18)16(13)3/h5-6,8H,4,7,9H2,1-3H3. The van der Waals surface area contributed by atoms with Gasteiger partial charge < -0.3 is 9.80 Å². The minimum absolute atomic E-state index is 0.141. The average Bonchev–Trinajstić information content (AvgIpc) is 2.32. The fourth-order valence-corrected chi connectivity index (χ4v) is 2.31. The highest BCUT2D eigenvalue weighted by Crippen LogP contribution is 2.30. The number of likely N-dealkylation sites (N-methyl/N-ethyl adjacent to an activating group) is 1. The third-order valence-electron chi connectivity index (χ3n) is 3.31. The molecule has 1 aromatic rings. The van der Waals surface area contributed by atoms with Crippen LogP contribution >= 0.6 is 0 Å². The van der Waals surface area contributed by atoms with E-state index >= 15 is 0 Å². The zero-order chi connectivity index (χ0) is 13.3. The van der Waals surface area contributed by atoms with Gasteiger partial charge in [-0.15, -0.1) is 0 Å². The Bertz CT molecular complexity index is 497. The van der Waals surface area contributed by atoms with Gasteiger partial charge in [-0.05, 0) is 37.1 Å². The van der Waals surface area contributed by atoms with E-state index in [2.05, 4.69) is 6.07 Å². The lowest BCUT2D eigenvalue weighted by Crippen LogP contribution is -2.31. The summed E-state index contributed by atoms with van der Waals surface area (Å²) in [5.41, 5.74) is 3.17. The van der Waals surface area contributed by atoms with Crippen LogP contribution in [0.2, 0.25) is 0 Å². The lowest BCUT2D eigenvalue weighted by Gasteiger charge is -2.27. The number of aryl methyl sites for hydroxylation is 1. The van der Waals surface area contributed by atoms with Crippen LogP contribution < -0.4 is 9.80 Å². The molecule has 2 rings (SSSR count). The zero-order valence-electron chi connectivity index (χ0n) is 11.1. The minimum atomic E-state index is 0.141. The molecule has 4 heteroatoms. The van der Waals surface area contributed by atoms with Crippen LogP contribution in [0.3, 0.4) is 0 Å². The summed E-state index contributed by atoms with van der Waals surface area (Å²) in [6.07, 6.45) is 1.34. The van der Waals surface area contributed by atoms with Gasteiger partial charge >= 0.3 is 0 Å². The maximum absolute atomic E-state index is 11.6. The van der Waals surface area contributed by atoms with E-state index in [-0.39, 0.29) is 11.7 Å². The van der Waals surface area contributed by atoms with Crippen molar-refractivity contribution in [3.63, 3.8) is 0 Å². The second-order valence-corrected chi connectivity index (χ2v) is 4.82. The van der Waals surface area contributed by atoms with Gasteiger partial charge in [-0.2, -0.15) is 0 Å². The molecule has 1 amide bonds. The molecule has 1 heterocycles. The molecule has 0 spiro atoms. The number of nitrogens with zero attached hydrogens (tertiary/aromatic N) is 2. The average molecular weight is 246 g/mol. The first kappa shape index (κ1) is 12.6. The third kappa shape index (κ3) is 2.37. The van der Waals surface area contributed by atoms with Crippen LogP contribution in [0.25, 0.3) is 0 Å². The summed E-state index contributed by atoms with van der Waals surface area (Å²) in [4.78, 5) is 26.3. The van der Waals surface area contributed by atoms with Crippen LogP contribution in [0.5, 0.6) is 0 Å². The van der Waals surface area contributed by atoms with Crippen molar-refractivity contribution in [2.75, 3.05) is 30.4 Å². The molecule has 0 aliphatic carbocycles. The summed E-state index contributed by atoms with van der Waals surface area (Å²) in [5, 5.41) is 0. The Balaban J connectivity index is 2.28. The van der Waals surface area contributed by atoms with Gasteiger partial charge in [0, 0.05) is 31.9 Å². The number of hydrogen-bond acceptors (Lipinski definition) is 3. The maximum atomic E-state index is 11.6. The van der Waals surface area contributed by atoms with E-state index < -0.39 is 0 Å². The van der Waals surface area contributed by atoms with Crippen LogP contribution in [0.4, 0.5) is 11.4 Å². The summed E-state index contributed by atoms with van der Waals surface area (Å²) in [5.74, 6) is 0.301. The van der Waals surface area contributed by atoms with E-state index in [0.717, 1.165) is 17.8 Å². The summed E-state index contributed by atoms with van der Waals surface area (Å²) in [6, 6.07) is 5.98. The van der Waals surface area contributed by atoms with E-state index in [1.54, 1.807) is 18.9 Å². The number of hydrogen-bond donors (Lipinski definition) is 0. The Labute approximate surface area is 107 Å². The number of benzene rings is 1. The molecule has 0 N–H and O–H groups in total. The molecular formula is C14H18N2O2. The first-order chi connectivity index (χ1) is 8.49. The summed E-state index contributed by atoms with van der Waals surface area (Å²) in [6.45, 7) is 1.99. The number of ketones is 1. The van der Waals surface area contributed by atoms with Gasteiger partial charge in [0.15, 0.2) is 0 Å². The SMILES string of the molecule is CC(=O)CN(C)c1ccc2c(c1)CCC(=O)N2C. The summed E-state index contributed by atoms with van der Waals surface area (Å²) >= 11 is 0. The molecule has 1 aromatic carbocycles. The quantitative estimate of drug-likeness (QED) is 0.813. The van der Waals surface area contributed by atoms with Crippen LogP contribution in [-0.2, 0) is 16.0 Å². The van der Waals surface area contributed by atoms with Gasteiger partial charge in [0.05, 0.1) is 6.54 Å². The molecule has 18 heavy (non-hydrogen) atoms. The predicted molar refractivity (Wildman–Crippen MR) is 72.1 cm³/mol. The highest BCUT2D eigenvalue weighted by molar-refractivity contribution is 5.96. The first-order valence-electron chi connectivity index (χ1n) is 6.09. The van der Waals surface area contributed by atoms with E-state index in [0.29, 0.717) is 13.0 Å². The van der Waals surface area contributed by atoms with Crippen molar-refractivity contribution in [3.8, 4) is 0 Å². The van der Waals surface area contributed by atoms with Crippen molar-refractivity contribution < 1.29 is 9.59 Å². The second-order valence-electron chi connectivity index (χ2n) is 4.82. The number of fused-ring (bicyclic) bond motifs is 1. The Morgan fingerprint density at radius 2 is 2.11 bits per heavy atom. The monoisotopic (exact) mass is 246 g/mol. The van der Waals surface area contributed by atoms with Gasteiger partial charge in [-0.25, -0.2) is 0 Å². The zero-order valence-corrected chi connectivity index (χ0v) is 11.1. The predicted octanol–water partition coefficient (Wildman–Crippen LogP) is 1.62. The summed E-state index contributed by atoms with van der Waals surface area (Å²) in [7, 11) is 3.71. The lowest BCUT2D eigenvalue weighted by molar-refractivity contribution is -0.118. The van der Waals surface area contributed by atoms with Gasteiger partial charge in [0.2, 0.25) is 5.91 Å². The van der Waals surface area contributed by atoms with E-state index in [1.807, 2.05) is 24.1 Å². The fourth-order valence-electron chi connectivity index (χ4n) is 2.31. The first-order valence-corrected chi connectivity index (χ1v) is 6.09. The molecule has 0 saturated heterocycles. The van der Waals surface area contributed by atoms with Crippen molar-refractivity contribution in [2.45, 2.75) is 19.8 Å². The van der Waals surface area contributed by atoms with Gasteiger partial charge in [0.1, 0.15) is 5.78 Å². The van der Waals surface area contributed by atoms with E-state index in [1.165, 1.54) is 5.56 Å². The number of carbonyl (C=O) groups excluding carboxylic acids is 2. The van der Waals surface area contributed by atoms with Gasteiger partial charge in [-0.1, -0.05) is 0 Å². The number of rotatable bonds is 3. The second kappa shape index (κ2) is 4.80. The highest BCUT2D eigenvalue weighted by atomic mass is 16.2. The normalized spacial score (nSPS) is 14.4. The Kier molecular flexibility index (Phi) is 3.36. The highest BCUT2D eigenvalue weighted by Gasteiger charge is 2.21. The smallest absolute Gasteiger partial charge is 0.227 e. The molecule has 0 fully saturated rings. The van der Waals surface area contributed by atoms with Crippen molar-refractivity contribution in [2.24, 2.45) is 0 Å². The number of amides is 1. The van der Waals surface area contributed by atoms with Crippen molar-refractivity contribution in [1.82, 2.24) is 0 Å². The Hall–Kier alpha value is -1.84. The molecule has 4 nitrogen and oxygen atoms in total. The number of Topliss-reactive ketones (excluding diaryl/α,β-unsaturated/α-hetero) is 1. The van der Waals surface area contributed by atoms with Crippen molar-refractivity contribution in [1.29, 1.82) is 0 Å². The molecule has 0 bridgehead atoms. The maximum Gasteiger partial charge on any atom is 0.227 e. The molecular weight excluding hydrogens is 228 g/mol. The topological polar surface area (TPSA) is 40.6 Å². The molecule has 1 aliphatic rings. The molecule has 0 saturated carbocycles. The van der Waals surface area contributed by atoms with E-state index in [4.69, 9.17) is 0 Å². The van der Waals surface area contributed by atoms with Gasteiger partial charge in [-0.3, -0.25) is 9.59 Å². The molecule has 0 aromatic heterocycles. The number of carbonyl (C=O) groups is 2. The molecule has 0 radical (unpaired) electrons. The Morgan fingerprint density at radius 3 is 2.78 bits per heavy atom. The molecule has 0 unspecified atom stereocenters.